The first-order valence-electron chi connectivity index (χ1n) is 8.87. The van der Waals surface area contributed by atoms with Crippen molar-refractivity contribution in [3.8, 4) is 11.5 Å². The Hall–Kier alpha value is -3.34. The van der Waals surface area contributed by atoms with Crippen LogP contribution in [0.2, 0.25) is 0 Å². The van der Waals surface area contributed by atoms with Crippen molar-refractivity contribution < 1.29 is 13.6 Å². The number of hydrogen-bond acceptors (Lipinski definition) is 4. The molecule has 0 unspecified atom stereocenters. The number of carbonyl (C=O) groups is 1. The summed E-state index contributed by atoms with van der Waals surface area (Å²) in [6.07, 6.45) is 1.47. The summed E-state index contributed by atoms with van der Waals surface area (Å²) in [7, 11) is 0. The maximum Gasteiger partial charge on any atom is 0.291 e. The number of nitrogens with one attached hydrogen (secondary N) is 1. The number of hydrogen-bond donors (Lipinski definition) is 1. The van der Waals surface area contributed by atoms with Crippen LogP contribution in [0.4, 0.5) is 5.69 Å². The molecule has 5 nitrogen and oxygen atoms in total. The van der Waals surface area contributed by atoms with Crippen molar-refractivity contribution in [3.63, 3.8) is 0 Å². The average Bonchev–Trinajstić information content (AvgIpc) is 3.32. The van der Waals surface area contributed by atoms with Crippen LogP contribution in [0.1, 0.15) is 41.4 Å². The summed E-state index contributed by atoms with van der Waals surface area (Å²) in [5.41, 5.74) is 5.24. The van der Waals surface area contributed by atoms with Gasteiger partial charge in [-0.1, -0.05) is 26.0 Å². The molecule has 2 aromatic heterocycles. The number of carbonyl (C=O) groups excluding carboxylic acids is 1. The van der Waals surface area contributed by atoms with Crippen molar-refractivity contribution in [3.05, 3.63) is 71.7 Å². The summed E-state index contributed by atoms with van der Waals surface area (Å²) in [5.74, 6) is 0.930. The minimum absolute atomic E-state index is 0.267. The zero-order chi connectivity index (χ0) is 19.0. The molecular weight excluding hydrogens is 340 g/mol. The topological polar surface area (TPSA) is 68.3 Å². The Morgan fingerprint density at radius 1 is 1.11 bits per heavy atom. The van der Waals surface area contributed by atoms with Crippen LogP contribution in [0.5, 0.6) is 0 Å². The van der Waals surface area contributed by atoms with Crippen molar-refractivity contribution in [2.24, 2.45) is 0 Å². The van der Waals surface area contributed by atoms with E-state index in [1.165, 1.54) is 11.8 Å². The summed E-state index contributed by atoms with van der Waals surface area (Å²) in [4.78, 5) is 16.9. The molecule has 0 saturated heterocycles. The lowest BCUT2D eigenvalue weighted by Gasteiger charge is -2.08. The lowest BCUT2D eigenvalue weighted by Crippen LogP contribution is -2.11. The normalized spacial score (nSPS) is 11.3. The van der Waals surface area contributed by atoms with Gasteiger partial charge in [-0.2, -0.15) is 0 Å². The Labute approximate surface area is 157 Å². The number of amides is 1. The minimum atomic E-state index is -0.292. The van der Waals surface area contributed by atoms with Crippen molar-refractivity contribution >= 4 is 22.7 Å². The van der Waals surface area contributed by atoms with Gasteiger partial charge < -0.3 is 14.2 Å². The summed E-state index contributed by atoms with van der Waals surface area (Å²) >= 11 is 0. The van der Waals surface area contributed by atoms with E-state index >= 15 is 0 Å². The van der Waals surface area contributed by atoms with E-state index in [1.54, 1.807) is 12.1 Å². The predicted molar refractivity (Wildman–Crippen MR) is 105 cm³/mol. The first-order valence-corrected chi connectivity index (χ1v) is 8.87. The van der Waals surface area contributed by atoms with Crippen LogP contribution in [-0.2, 0) is 0 Å². The molecule has 0 fully saturated rings. The lowest BCUT2D eigenvalue weighted by molar-refractivity contribution is 0.0996. The van der Waals surface area contributed by atoms with E-state index in [0.717, 1.165) is 22.2 Å². The Bertz CT molecular complexity index is 1110. The first-order chi connectivity index (χ1) is 13.0. The Kier molecular flexibility index (Phi) is 4.28. The van der Waals surface area contributed by atoms with Gasteiger partial charge in [-0.25, -0.2) is 4.98 Å². The molecule has 0 aliphatic heterocycles. The van der Waals surface area contributed by atoms with E-state index in [9.17, 15) is 4.79 Å². The molecule has 5 heteroatoms. The third kappa shape index (κ3) is 3.36. The number of fused-ring (bicyclic) bond motifs is 1. The van der Waals surface area contributed by atoms with E-state index in [1.807, 2.05) is 31.2 Å². The smallest absolute Gasteiger partial charge is 0.291 e. The lowest BCUT2D eigenvalue weighted by atomic mass is 10.0. The van der Waals surface area contributed by atoms with Crippen molar-refractivity contribution in [1.82, 2.24) is 4.98 Å². The number of aryl methyl sites for hydroxylation is 1. The monoisotopic (exact) mass is 360 g/mol. The van der Waals surface area contributed by atoms with Crippen LogP contribution < -0.4 is 5.32 Å². The molecule has 136 valence electrons. The molecule has 2 heterocycles. The molecule has 4 rings (SSSR count). The molecule has 0 radical (unpaired) electrons. The van der Waals surface area contributed by atoms with Crippen molar-refractivity contribution in [2.45, 2.75) is 26.7 Å². The fourth-order valence-corrected chi connectivity index (χ4v) is 2.91. The van der Waals surface area contributed by atoms with Gasteiger partial charge in [-0.05, 0) is 60.4 Å². The summed E-state index contributed by atoms with van der Waals surface area (Å²) in [6, 6.07) is 15.1. The van der Waals surface area contributed by atoms with Gasteiger partial charge in [-0.3, -0.25) is 4.79 Å². The van der Waals surface area contributed by atoms with Gasteiger partial charge in [0.15, 0.2) is 11.3 Å². The van der Waals surface area contributed by atoms with E-state index in [4.69, 9.17) is 8.83 Å². The van der Waals surface area contributed by atoms with Gasteiger partial charge in [0.05, 0.1) is 6.26 Å². The van der Waals surface area contributed by atoms with Crippen molar-refractivity contribution in [2.75, 3.05) is 5.32 Å². The molecule has 0 atom stereocenters. The zero-order valence-corrected chi connectivity index (χ0v) is 15.4. The van der Waals surface area contributed by atoms with E-state index in [-0.39, 0.29) is 11.7 Å². The number of anilines is 1. The van der Waals surface area contributed by atoms with Crippen LogP contribution in [0.3, 0.4) is 0 Å². The number of rotatable bonds is 4. The first kappa shape index (κ1) is 17.1. The second-order valence-electron chi connectivity index (χ2n) is 6.86. The highest BCUT2D eigenvalue weighted by Gasteiger charge is 2.14. The number of benzene rings is 2. The molecule has 0 spiro atoms. The average molecular weight is 360 g/mol. The molecular formula is C22H20N2O3. The third-order valence-electron chi connectivity index (χ3n) is 4.56. The molecule has 27 heavy (non-hydrogen) atoms. The van der Waals surface area contributed by atoms with Crippen LogP contribution in [0, 0.1) is 6.92 Å². The number of furan rings is 1. The van der Waals surface area contributed by atoms with Gasteiger partial charge in [-0.15, -0.1) is 0 Å². The van der Waals surface area contributed by atoms with Gasteiger partial charge in [0.1, 0.15) is 5.52 Å². The summed E-state index contributed by atoms with van der Waals surface area (Å²) in [6.45, 7) is 6.23. The van der Waals surface area contributed by atoms with Gasteiger partial charge in [0.25, 0.3) is 5.91 Å². The molecule has 0 aliphatic carbocycles. The standard InChI is InChI=1S/C22H20N2O3/c1-13(2)15-8-9-19-18(11-15)24-22(27-19)16-7-6-14(3)17(12-16)23-21(25)20-5-4-10-26-20/h4-13H,1-3H3,(H,23,25). The molecule has 2 aromatic carbocycles. The van der Waals surface area contributed by atoms with Gasteiger partial charge in [0.2, 0.25) is 5.89 Å². The second-order valence-corrected chi connectivity index (χ2v) is 6.86. The van der Waals surface area contributed by atoms with Crippen LogP contribution >= 0.6 is 0 Å². The second kappa shape index (κ2) is 6.76. The van der Waals surface area contributed by atoms with Crippen LogP contribution in [0.25, 0.3) is 22.6 Å². The Morgan fingerprint density at radius 2 is 1.96 bits per heavy atom. The number of aromatic nitrogens is 1. The quantitative estimate of drug-likeness (QED) is 0.501. The fraction of sp³-hybridized carbons (Fsp3) is 0.182. The number of nitrogens with zero attached hydrogens (tertiary/aromatic N) is 1. The molecule has 0 saturated carbocycles. The Balaban J connectivity index is 1.68. The largest absolute Gasteiger partial charge is 0.459 e. The van der Waals surface area contributed by atoms with Crippen molar-refractivity contribution in [1.29, 1.82) is 0 Å². The molecule has 0 aliphatic rings. The minimum Gasteiger partial charge on any atom is -0.459 e. The maximum atomic E-state index is 12.3. The van der Waals surface area contributed by atoms with E-state index in [2.05, 4.69) is 36.3 Å². The maximum absolute atomic E-state index is 12.3. The predicted octanol–water partition coefficient (Wildman–Crippen LogP) is 5.77. The SMILES string of the molecule is Cc1ccc(-c2nc3cc(C(C)C)ccc3o2)cc1NC(=O)c1ccco1. The highest BCUT2D eigenvalue weighted by molar-refractivity contribution is 6.03. The van der Waals surface area contributed by atoms with Gasteiger partial charge >= 0.3 is 0 Å². The molecule has 4 aromatic rings. The molecule has 0 bridgehead atoms. The van der Waals surface area contributed by atoms with Crippen LogP contribution in [-0.4, -0.2) is 10.9 Å². The van der Waals surface area contributed by atoms with Gasteiger partial charge in [0, 0.05) is 11.3 Å². The zero-order valence-electron chi connectivity index (χ0n) is 15.4. The number of oxazole rings is 1. The van der Waals surface area contributed by atoms with E-state index in [0.29, 0.717) is 17.5 Å². The summed E-state index contributed by atoms with van der Waals surface area (Å²) in [5, 5.41) is 2.88. The highest BCUT2D eigenvalue weighted by Crippen LogP contribution is 2.29. The van der Waals surface area contributed by atoms with Crippen LogP contribution in [0.15, 0.2) is 63.6 Å². The van der Waals surface area contributed by atoms with E-state index < -0.39 is 0 Å². The molecule has 1 amide bonds. The fourth-order valence-electron chi connectivity index (χ4n) is 2.91. The molecule has 1 N–H and O–H groups in total. The highest BCUT2D eigenvalue weighted by atomic mass is 16.3. The third-order valence-corrected chi connectivity index (χ3v) is 4.56. The summed E-state index contributed by atoms with van der Waals surface area (Å²) < 4.78 is 11.1. The Morgan fingerprint density at radius 3 is 2.70 bits per heavy atom.